The highest BCUT2D eigenvalue weighted by molar-refractivity contribution is 5.32. The lowest BCUT2D eigenvalue weighted by Gasteiger charge is -1.98. The lowest BCUT2D eigenvalue weighted by Crippen LogP contribution is -1.83. The van der Waals surface area contributed by atoms with Gasteiger partial charge in [-0.2, -0.15) is 0 Å². The second-order valence-electron chi connectivity index (χ2n) is 3.09. The number of nitrogens with zero attached hydrogens (tertiary/aromatic N) is 1. The van der Waals surface area contributed by atoms with E-state index in [4.69, 9.17) is 0 Å². The third kappa shape index (κ3) is 9.12. The molecule has 0 aliphatic heterocycles. The van der Waals surface area contributed by atoms with E-state index >= 15 is 0 Å². The Bertz CT molecular complexity index is 163. The Balaban J connectivity index is 3.00. The van der Waals surface area contributed by atoms with Gasteiger partial charge in [0.2, 0.25) is 6.08 Å². The minimum Gasteiger partial charge on any atom is -0.211 e. The molecule has 0 atom stereocenters. The molecule has 0 aromatic carbocycles. The third-order valence-corrected chi connectivity index (χ3v) is 1.69. The monoisotopic (exact) mass is 167 g/mol. The number of aliphatic imine (C=N–C) groups is 1. The molecule has 0 aliphatic rings. The van der Waals surface area contributed by atoms with Gasteiger partial charge in [-0.05, 0) is 26.2 Å². The Hall–Kier alpha value is -0.880. The Labute approximate surface area is 74.4 Å². The molecule has 0 aliphatic carbocycles. The molecule has 0 bridgehead atoms. The summed E-state index contributed by atoms with van der Waals surface area (Å²) in [5.74, 6) is 0. The van der Waals surface area contributed by atoms with Crippen LogP contribution in [0.3, 0.4) is 0 Å². The van der Waals surface area contributed by atoms with E-state index in [1.54, 1.807) is 0 Å². The quantitative estimate of drug-likeness (QED) is 0.248. The average molecular weight is 167 g/mol. The molecular weight excluding hydrogens is 150 g/mol. The van der Waals surface area contributed by atoms with Crippen molar-refractivity contribution >= 4 is 6.08 Å². The van der Waals surface area contributed by atoms with Gasteiger partial charge in [0.1, 0.15) is 0 Å². The molecule has 0 amide bonds. The Morgan fingerprint density at radius 2 is 2.00 bits per heavy atom. The van der Waals surface area contributed by atoms with Gasteiger partial charge in [0.05, 0.1) is 6.54 Å². The summed E-state index contributed by atoms with van der Waals surface area (Å²) < 4.78 is 0. The molecule has 12 heavy (non-hydrogen) atoms. The topological polar surface area (TPSA) is 29.4 Å². The molecule has 0 aromatic rings. The van der Waals surface area contributed by atoms with E-state index in [0.717, 1.165) is 19.3 Å². The fourth-order valence-electron chi connectivity index (χ4n) is 1.02. The van der Waals surface area contributed by atoms with Crippen molar-refractivity contribution in [3.63, 3.8) is 0 Å². The zero-order valence-electron chi connectivity index (χ0n) is 7.81. The number of allylic oxidation sites excluding steroid dienone is 1. The highest BCUT2D eigenvalue weighted by Crippen LogP contribution is 2.07. The maximum Gasteiger partial charge on any atom is 0.234 e. The van der Waals surface area contributed by atoms with Crippen molar-refractivity contribution in [1.82, 2.24) is 0 Å². The van der Waals surface area contributed by atoms with Gasteiger partial charge in [0, 0.05) is 0 Å². The van der Waals surface area contributed by atoms with Gasteiger partial charge < -0.3 is 0 Å². The van der Waals surface area contributed by atoms with Crippen molar-refractivity contribution in [2.45, 2.75) is 39.0 Å². The Morgan fingerprint density at radius 1 is 1.33 bits per heavy atom. The smallest absolute Gasteiger partial charge is 0.211 e. The summed E-state index contributed by atoms with van der Waals surface area (Å²) in [6, 6.07) is 0. The molecule has 68 valence electrons. The molecule has 2 heteroatoms. The van der Waals surface area contributed by atoms with Crippen molar-refractivity contribution in [2.75, 3.05) is 6.54 Å². The number of carbonyl (C=O) groups excluding carboxylic acids is 1. The van der Waals surface area contributed by atoms with Crippen molar-refractivity contribution in [1.29, 1.82) is 0 Å². The number of rotatable bonds is 7. The van der Waals surface area contributed by atoms with Crippen molar-refractivity contribution in [3.8, 4) is 0 Å². The summed E-state index contributed by atoms with van der Waals surface area (Å²) in [7, 11) is 0. The van der Waals surface area contributed by atoms with Gasteiger partial charge in [-0.25, -0.2) is 9.79 Å². The molecule has 0 aromatic heterocycles. The molecule has 0 heterocycles. The highest BCUT2D eigenvalue weighted by atomic mass is 16.1. The van der Waals surface area contributed by atoms with Crippen LogP contribution in [0.25, 0.3) is 0 Å². The van der Waals surface area contributed by atoms with Gasteiger partial charge >= 0.3 is 0 Å². The van der Waals surface area contributed by atoms with E-state index in [1.165, 1.54) is 24.5 Å². The number of hydrogen-bond donors (Lipinski definition) is 0. The van der Waals surface area contributed by atoms with E-state index in [9.17, 15) is 4.79 Å². The summed E-state index contributed by atoms with van der Waals surface area (Å²) in [6.45, 7) is 6.52. The lowest BCUT2D eigenvalue weighted by molar-refractivity contribution is 0.561. The Kier molecular flexibility index (Phi) is 7.62. The normalized spacial score (nSPS) is 9.08. The molecule has 0 saturated carbocycles. The molecule has 0 unspecified atom stereocenters. The van der Waals surface area contributed by atoms with Crippen LogP contribution in [-0.2, 0) is 4.79 Å². The number of isocyanates is 1. The largest absolute Gasteiger partial charge is 0.234 e. The first-order valence-corrected chi connectivity index (χ1v) is 4.45. The van der Waals surface area contributed by atoms with Gasteiger partial charge in [0.25, 0.3) is 0 Å². The van der Waals surface area contributed by atoms with E-state index in [1.807, 2.05) is 0 Å². The summed E-state index contributed by atoms with van der Waals surface area (Å²) in [6.07, 6.45) is 7.23. The van der Waals surface area contributed by atoms with Gasteiger partial charge in [-0.1, -0.05) is 18.4 Å². The molecule has 0 rings (SSSR count). The zero-order valence-corrected chi connectivity index (χ0v) is 7.81. The first-order chi connectivity index (χ1) is 5.77. The van der Waals surface area contributed by atoms with E-state index < -0.39 is 0 Å². The number of hydrogen-bond acceptors (Lipinski definition) is 2. The molecule has 0 saturated heterocycles. The maximum atomic E-state index is 9.68. The molecular formula is C10H17NO. The molecule has 2 nitrogen and oxygen atoms in total. The van der Waals surface area contributed by atoms with Crippen LogP contribution in [0.4, 0.5) is 0 Å². The average Bonchev–Trinajstić information content (AvgIpc) is 2.02. The predicted octanol–water partition coefficient (Wildman–Crippen LogP) is 2.85. The van der Waals surface area contributed by atoms with Crippen molar-refractivity contribution < 1.29 is 4.79 Å². The zero-order chi connectivity index (χ0) is 9.23. The van der Waals surface area contributed by atoms with E-state index in [2.05, 4.69) is 18.5 Å². The molecule has 0 spiro atoms. The van der Waals surface area contributed by atoms with Gasteiger partial charge in [-0.3, -0.25) is 0 Å². The van der Waals surface area contributed by atoms with Crippen LogP contribution in [0.1, 0.15) is 39.0 Å². The summed E-state index contributed by atoms with van der Waals surface area (Å²) in [5, 5.41) is 0. The van der Waals surface area contributed by atoms with Crippen LogP contribution < -0.4 is 0 Å². The highest BCUT2D eigenvalue weighted by Gasteiger charge is 1.89. The van der Waals surface area contributed by atoms with Crippen LogP contribution in [0.15, 0.2) is 17.1 Å². The number of unbranched alkanes of at least 4 members (excludes halogenated alkanes) is 3. The van der Waals surface area contributed by atoms with Crippen LogP contribution in [-0.4, -0.2) is 12.6 Å². The fraction of sp³-hybridized carbons (Fsp3) is 0.700. The summed E-state index contributed by atoms with van der Waals surface area (Å²) in [5.41, 5.74) is 1.25. The summed E-state index contributed by atoms with van der Waals surface area (Å²) >= 11 is 0. The lowest BCUT2D eigenvalue weighted by atomic mass is 10.1. The standard InChI is InChI=1S/C10H17NO/c1-10(2)7-5-3-4-6-8-11-9-12/h1,3-8H2,2H3. The fourth-order valence-corrected chi connectivity index (χ4v) is 1.02. The first kappa shape index (κ1) is 11.1. The SMILES string of the molecule is C=C(C)CCCCCCN=C=O. The van der Waals surface area contributed by atoms with E-state index in [-0.39, 0.29) is 0 Å². The van der Waals surface area contributed by atoms with Gasteiger partial charge in [-0.15, -0.1) is 6.58 Å². The second kappa shape index (κ2) is 8.22. The molecule has 0 radical (unpaired) electrons. The second-order valence-corrected chi connectivity index (χ2v) is 3.09. The van der Waals surface area contributed by atoms with Crippen LogP contribution >= 0.6 is 0 Å². The van der Waals surface area contributed by atoms with Crippen molar-refractivity contribution in [3.05, 3.63) is 12.2 Å². The first-order valence-electron chi connectivity index (χ1n) is 4.45. The van der Waals surface area contributed by atoms with Crippen LogP contribution in [0, 0.1) is 0 Å². The summed E-state index contributed by atoms with van der Waals surface area (Å²) in [4.78, 5) is 13.2. The van der Waals surface area contributed by atoms with Crippen LogP contribution in [0.2, 0.25) is 0 Å². The van der Waals surface area contributed by atoms with Crippen molar-refractivity contribution in [2.24, 2.45) is 4.99 Å². The minimum atomic E-state index is 0.635. The van der Waals surface area contributed by atoms with Gasteiger partial charge in [0.15, 0.2) is 0 Å². The van der Waals surface area contributed by atoms with E-state index in [0.29, 0.717) is 6.54 Å². The van der Waals surface area contributed by atoms with Crippen LogP contribution in [0.5, 0.6) is 0 Å². The third-order valence-electron chi connectivity index (χ3n) is 1.69. The molecule has 0 fully saturated rings. The maximum absolute atomic E-state index is 9.68. The Morgan fingerprint density at radius 3 is 2.58 bits per heavy atom. The molecule has 0 N–H and O–H groups in total. The predicted molar refractivity (Wildman–Crippen MR) is 50.9 cm³/mol. The minimum absolute atomic E-state index is 0.635.